The third kappa shape index (κ3) is 10.00. The Morgan fingerprint density at radius 1 is 0.607 bits per heavy atom. The highest BCUT2D eigenvalue weighted by Crippen LogP contribution is 2.23. The van der Waals surface area contributed by atoms with Crippen molar-refractivity contribution in [3.05, 3.63) is 0 Å². The maximum Gasteiger partial charge on any atom is 0.317 e. The first kappa shape index (κ1) is 24.3. The number of rotatable bonds is 12. The van der Waals surface area contributed by atoms with Crippen LogP contribution in [0.25, 0.3) is 0 Å². The second kappa shape index (κ2) is 14.3. The monoisotopic (exact) mass is 396 g/mol. The molecule has 2 rings (SSSR count). The van der Waals surface area contributed by atoms with Crippen molar-refractivity contribution in [2.75, 3.05) is 0 Å². The minimum Gasteiger partial charge on any atom is -0.393 e. The van der Waals surface area contributed by atoms with Gasteiger partial charge in [-0.15, -0.1) is 0 Å². The summed E-state index contributed by atoms with van der Waals surface area (Å²) in [5, 5.41) is 0. The Labute approximate surface area is 168 Å². The van der Waals surface area contributed by atoms with Crippen molar-refractivity contribution in [1.29, 1.82) is 0 Å². The molecule has 2 aliphatic rings. The molecule has 28 heavy (non-hydrogen) atoms. The smallest absolute Gasteiger partial charge is 0.317 e. The lowest BCUT2D eigenvalue weighted by atomic mass is 9.99. The van der Waals surface area contributed by atoms with E-state index >= 15 is 0 Å². The van der Waals surface area contributed by atoms with Crippen molar-refractivity contribution in [3.63, 3.8) is 0 Å². The zero-order valence-corrected chi connectivity index (χ0v) is 17.5. The Balaban J connectivity index is 0.000000283. The number of hydrogen-bond donors (Lipinski definition) is 0. The van der Waals surface area contributed by atoms with Crippen LogP contribution in [0, 0.1) is 11.8 Å². The SMILES string of the molecule is CCCCCCC1CC(=O)OC1=O.CCCCCCCCC1CC(=O)OC1=O. The number of unbranched alkanes of at least 4 members (excludes halogenated alkanes) is 8. The van der Waals surface area contributed by atoms with E-state index in [1.54, 1.807) is 0 Å². The molecule has 0 amide bonds. The van der Waals surface area contributed by atoms with E-state index < -0.39 is 0 Å². The van der Waals surface area contributed by atoms with Crippen LogP contribution in [0.4, 0.5) is 0 Å². The van der Waals surface area contributed by atoms with Gasteiger partial charge in [0.15, 0.2) is 0 Å². The van der Waals surface area contributed by atoms with Gasteiger partial charge in [0, 0.05) is 0 Å². The molecule has 0 aliphatic carbocycles. The van der Waals surface area contributed by atoms with Crippen LogP contribution in [-0.2, 0) is 28.7 Å². The molecule has 6 heteroatoms. The molecule has 2 fully saturated rings. The largest absolute Gasteiger partial charge is 0.393 e. The van der Waals surface area contributed by atoms with Crippen LogP contribution < -0.4 is 0 Å². The van der Waals surface area contributed by atoms with Gasteiger partial charge in [-0.1, -0.05) is 78.1 Å². The van der Waals surface area contributed by atoms with Crippen LogP contribution in [-0.4, -0.2) is 23.9 Å². The van der Waals surface area contributed by atoms with Crippen molar-refractivity contribution < 1.29 is 28.7 Å². The lowest BCUT2D eigenvalue weighted by Crippen LogP contribution is -2.06. The molecule has 0 aromatic rings. The maximum atomic E-state index is 11.1. The summed E-state index contributed by atoms with van der Waals surface area (Å²) in [4.78, 5) is 43.6. The van der Waals surface area contributed by atoms with Crippen molar-refractivity contribution >= 4 is 23.9 Å². The fraction of sp³-hybridized carbons (Fsp3) is 0.818. The Hall–Kier alpha value is -1.72. The number of hydrogen-bond acceptors (Lipinski definition) is 6. The standard InChI is InChI=1S/C12H20O3.C10H16O3/c1-2-3-4-5-6-7-8-10-9-11(13)15-12(10)14;1-2-3-4-5-6-8-7-9(11)13-10(8)12/h10H,2-9H2,1H3;8H,2-7H2,1H3. The van der Waals surface area contributed by atoms with Crippen molar-refractivity contribution in [3.8, 4) is 0 Å². The third-order valence-electron chi connectivity index (χ3n) is 5.23. The molecule has 2 heterocycles. The van der Waals surface area contributed by atoms with Crippen LogP contribution in [0.5, 0.6) is 0 Å². The van der Waals surface area contributed by atoms with Gasteiger partial charge in [-0.2, -0.15) is 0 Å². The third-order valence-corrected chi connectivity index (χ3v) is 5.23. The summed E-state index contributed by atoms with van der Waals surface area (Å²) < 4.78 is 8.94. The summed E-state index contributed by atoms with van der Waals surface area (Å²) in [5.41, 5.74) is 0. The van der Waals surface area contributed by atoms with Gasteiger partial charge in [-0.3, -0.25) is 19.2 Å². The molecule has 2 unspecified atom stereocenters. The number of carbonyl (C=O) groups excluding carboxylic acids is 4. The van der Waals surface area contributed by atoms with E-state index in [2.05, 4.69) is 23.3 Å². The van der Waals surface area contributed by atoms with Gasteiger partial charge < -0.3 is 9.47 Å². The van der Waals surface area contributed by atoms with Gasteiger partial charge in [0.2, 0.25) is 0 Å². The van der Waals surface area contributed by atoms with E-state index in [0.29, 0.717) is 12.8 Å². The topological polar surface area (TPSA) is 86.7 Å². The lowest BCUT2D eigenvalue weighted by molar-refractivity contribution is -0.155. The van der Waals surface area contributed by atoms with Crippen molar-refractivity contribution in [1.82, 2.24) is 0 Å². The second-order valence-electron chi connectivity index (χ2n) is 7.79. The number of cyclic esters (lactones) is 4. The Morgan fingerprint density at radius 2 is 0.964 bits per heavy atom. The van der Waals surface area contributed by atoms with Gasteiger partial charge in [0.25, 0.3) is 0 Å². The summed E-state index contributed by atoms with van der Waals surface area (Å²) >= 11 is 0. The fourth-order valence-corrected chi connectivity index (χ4v) is 3.47. The highest BCUT2D eigenvalue weighted by atomic mass is 16.6. The van der Waals surface area contributed by atoms with E-state index in [4.69, 9.17) is 0 Å². The molecule has 160 valence electrons. The summed E-state index contributed by atoms with van der Waals surface area (Å²) in [6.07, 6.45) is 14.1. The minimum atomic E-state index is -0.356. The lowest BCUT2D eigenvalue weighted by Gasteiger charge is -2.03. The highest BCUT2D eigenvalue weighted by molar-refractivity contribution is 5.95. The average molecular weight is 397 g/mol. The minimum absolute atomic E-state index is 0.149. The predicted molar refractivity (Wildman–Crippen MR) is 105 cm³/mol. The Kier molecular flexibility index (Phi) is 12.4. The summed E-state index contributed by atoms with van der Waals surface area (Å²) in [5.74, 6) is -1.63. The molecular formula is C22H36O6. The molecule has 0 aromatic carbocycles. The van der Waals surface area contributed by atoms with Crippen LogP contribution >= 0.6 is 0 Å². The summed E-state index contributed by atoms with van der Waals surface area (Å²) in [6.45, 7) is 4.34. The van der Waals surface area contributed by atoms with Gasteiger partial charge in [-0.25, -0.2) is 0 Å². The van der Waals surface area contributed by atoms with Crippen LogP contribution in [0.15, 0.2) is 0 Å². The Bertz CT molecular complexity index is 513. The molecule has 0 bridgehead atoms. The Morgan fingerprint density at radius 3 is 1.32 bits per heavy atom. The molecule has 0 N–H and O–H groups in total. The van der Waals surface area contributed by atoms with Crippen LogP contribution in [0.1, 0.15) is 104 Å². The van der Waals surface area contributed by atoms with E-state index in [1.807, 2.05) is 0 Å². The molecule has 2 saturated heterocycles. The van der Waals surface area contributed by atoms with Crippen LogP contribution in [0.2, 0.25) is 0 Å². The van der Waals surface area contributed by atoms with E-state index in [-0.39, 0.29) is 35.7 Å². The first-order chi connectivity index (χ1) is 13.5. The second-order valence-corrected chi connectivity index (χ2v) is 7.79. The zero-order chi connectivity index (χ0) is 20.8. The van der Waals surface area contributed by atoms with E-state index in [1.165, 1.54) is 38.5 Å². The van der Waals surface area contributed by atoms with Gasteiger partial charge in [0.05, 0.1) is 24.7 Å². The zero-order valence-electron chi connectivity index (χ0n) is 17.5. The van der Waals surface area contributed by atoms with Gasteiger partial charge >= 0.3 is 23.9 Å². The van der Waals surface area contributed by atoms with E-state index in [0.717, 1.165) is 38.5 Å². The predicted octanol–water partition coefficient (Wildman–Crippen LogP) is 4.87. The summed E-state index contributed by atoms with van der Waals surface area (Å²) in [6, 6.07) is 0. The highest BCUT2D eigenvalue weighted by Gasteiger charge is 2.33. The number of ether oxygens (including phenoxy) is 2. The molecule has 0 spiro atoms. The normalized spacial score (nSPS) is 21.4. The first-order valence-electron chi connectivity index (χ1n) is 11.0. The molecule has 0 radical (unpaired) electrons. The summed E-state index contributed by atoms with van der Waals surface area (Å²) in [7, 11) is 0. The quantitative estimate of drug-likeness (QED) is 0.266. The molecule has 2 aliphatic heterocycles. The van der Waals surface area contributed by atoms with Crippen molar-refractivity contribution in [2.24, 2.45) is 11.8 Å². The fourth-order valence-electron chi connectivity index (χ4n) is 3.47. The van der Waals surface area contributed by atoms with E-state index in [9.17, 15) is 19.2 Å². The first-order valence-corrected chi connectivity index (χ1v) is 11.0. The molecule has 6 nitrogen and oxygen atoms in total. The van der Waals surface area contributed by atoms with Crippen molar-refractivity contribution in [2.45, 2.75) is 104 Å². The van der Waals surface area contributed by atoms with Gasteiger partial charge in [0.1, 0.15) is 0 Å². The molecule has 2 atom stereocenters. The average Bonchev–Trinajstić information content (AvgIpc) is 3.15. The number of esters is 4. The van der Waals surface area contributed by atoms with Crippen LogP contribution in [0.3, 0.4) is 0 Å². The molecule has 0 aromatic heterocycles. The molecule has 0 saturated carbocycles. The number of carbonyl (C=O) groups is 4. The molecular weight excluding hydrogens is 360 g/mol. The maximum absolute atomic E-state index is 11.1. The van der Waals surface area contributed by atoms with Gasteiger partial charge in [-0.05, 0) is 12.8 Å².